The van der Waals surface area contributed by atoms with Gasteiger partial charge in [-0.3, -0.25) is 9.59 Å². The summed E-state index contributed by atoms with van der Waals surface area (Å²) in [6.45, 7) is 0.190. The summed E-state index contributed by atoms with van der Waals surface area (Å²) < 4.78 is 15.8. The molecular formula is C26H28N2O5. The highest BCUT2D eigenvalue weighted by Gasteiger charge is 2.19. The van der Waals surface area contributed by atoms with Gasteiger partial charge in [0.15, 0.2) is 0 Å². The first kappa shape index (κ1) is 23.7. The van der Waals surface area contributed by atoms with E-state index in [2.05, 4.69) is 5.32 Å². The van der Waals surface area contributed by atoms with Crippen LogP contribution in [0, 0.1) is 0 Å². The summed E-state index contributed by atoms with van der Waals surface area (Å²) in [6.07, 6.45) is 0.204. The SMILES string of the molecule is COc1ccc(CN(CC(=O)Nc2ccc(OC)cc2OC)C(=O)Cc2ccccc2)cc1. The number of carbonyl (C=O) groups is 2. The molecule has 172 valence electrons. The molecule has 0 saturated carbocycles. The van der Waals surface area contributed by atoms with Crippen LogP contribution in [-0.4, -0.2) is 44.6 Å². The summed E-state index contributed by atoms with van der Waals surface area (Å²) in [6, 6.07) is 22.0. The molecule has 33 heavy (non-hydrogen) atoms. The van der Waals surface area contributed by atoms with E-state index in [0.717, 1.165) is 16.9 Å². The molecule has 3 rings (SSSR count). The standard InChI is InChI=1S/C26H28N2O5/c1-31-21-11-9-20(10-12-21)17-28(26(30)15-19-7-5-4-6-8-19)18-25(29)27-23-14-13-22(32-2)16-24(23)33-3/h4-14,16H,15,17-18H2,1-3H3,(H,27,29). The molecule has 0 fully saturated rings. The lowest BCUT2D eigenvalue weighted by Gasteiger charge is -2.23. The molecule has 0 spiro atoms. The maximum atomic E-state index is 13.1. The first-order chi connectivity index (χ1) is 16.0. The van der Waals surface area contributed by atoms with Gasteiger partial charge in [-0.15, -0.1) is 0 Å². The fourth-order valence-corrected chi connectivity index (χ4v) is 3.33. The van der Waals surface area contributed by atoms with E-state index in [1.54, 1.807) is 37.3 Å². The average molecular weight is 449 g/mol. The van der Waals surface area contributed by atoms with E-state index in [4.69, 9.17) is 14.2 Å². The third kappa shape index (κ3) is 6.74. The van der Waals surface area contributed by atoms with Crippen LogP contribution in [0.5, 0.6) is 17.2 Å². The van der Waals surface area contributed by atoms with Crippen molar-refractivity contribution in [2.45, 2.75) is 13.0 Å². The molecule has 0 aliphatic carbocycles. The van der Waals surface area contributed by atoms with E-state index in [1.165, 1.54) is 7.11 Å². The van der Waals surface area contributed by atoms with Crippen molar-refractivity contribution in [3.05, 3.63) is 83.9 Å². The first-order valence-electron chi connectivity index (χ1n) is 10.5. The molecule has 0 aromatic heterocycles. The summed E-state index contributed by atoms with van der Waals surface area (Å²) in [5.41, 5.74) is 2.29. The van der Waals surface area contributed by atoms with Crippen LogP contribution in [0.1, 0.15) is 11.1 Å². The van der Waals surface area contributed by atoms with Gasteiger partial charge in [0.1, 0.15) is 23.8 Å². The van der Waals surface area contributed by atoms with Gasteiger partial charge in [-0.1, -0.05) is 42.5 Å². The van der Waals surface area contributed by atoms with Crippen LogP contribution in [0.2, 0.25) is 0 Å². The molecule has 0 atom stereocenters. The van der Waals surface area contributed by atoms with E-state index < -0.39 is 0 Å². The van der Waals surface area contributed by atoms with Gasteiger partial charge in [-0.2, -0.15) is 0 Å². The minimum absolute atomic E-state index is 0.104. The summed E-state index contributed by atoms with van der Waals surface area (Å²) >= 11 is 0. The number of methoxy groups -OCH3 is 3. The Hall–Kier alpha value is -4.00. The van der Waals surface area contributed by atoms with Crippen LogP contribution >= 0.6 is 0 Å². The summed E-state index contributed by atoms with van der Waals surface area (Å²) in [7, 11) is 4.68. The largest absolute Gasteiger partial charge is 0.497 e. The molecule has 1 N–H and O–H groups in total. The maximum absolute atomic E-state index is 13.1. The molecule has 3 aromatic carbocycles. The predicted octanol–water partition coefficient (Wildman–Crippen LogP) is 3.92. The number of hydrogen-bond donors (Lipinski definition) is 1. The minimum Gasteiger partial charge on any atom is -0.497 e. The minimum atomic E-state index is -0.326. The molecule has 0 radical (unpaired) electrons. The van der Waals surface area contributed by atoms with Crippen LogP contribution in [0.15, 0.2) is 72.8 Å². The second-order valence-corrected chi connectivity index (χ2v) is 7.37. The molecule has 7 heteroatoms. The lowest BCUT2D eigenvalue weighted by atomic mass is 10.1. The Morgan fingerprint density at radius 3 is 2.09 bits per heavy atom. The Morgan fingerprint density at radius 1 is 0.788 bits per heavy atom. The van der Waals surface area contributed by atoms with Crippen LogP contribution in [0.3, 0.4) is 0 Å². The lowest BCUT2D eigenvalue weighted by Crippen LogP contribution is -2.38. The average Bonchev–Trinajstić information content (AvgIpc) is 2.85. The number of nitrogens with zero attached hydrogens (tertiary/aromatic N) is 1. The zero-order valence-electron chi connectivity index (χ0n) is 19.0. The van der Waals surface area contributed by atoms with E-state index in [-0.39, 0.29) is 24.8 Å². The van der Waals surface area contributed by atoms with Crippen molar-refractivity contribution >= 4 is 17.5 Å². The fourth-order valence-electron chi connectivity index (χ4n) is 3.33. The first-order valence-corrected chi connectivity index (χ1v) is 10.5. The molecular weight excluding hydrogens is 420 g/mol. The highest BCUT2D eigenvalue weighted by Crippen LogP contribution is 2.29. The van der Waals surface area contributed by atoms with E-state index >= 15 is 0 Å². The van der Waals surface area contributed by atoms with Crippen LogP contribution < -0.4 is 19.5 Å². The van der Waals surface area contributed by atoms with Crippen molar-refractivity contribution in [2.24, 2.45) is 0 Å². The molecule has 0 unspecified atom stereocenters. The van der Waals surface area contributed by atoms with Crippen molar-refractivity contribution in [1.82, 2.24) is 4.90 Å². The molecule has 7 nitrogen and oxygen atoms in total. The van der Waals surface area contributed by atoms with Crippen LogP contribution in [-0.2, 0) is 22.6 Å². The number of benzene rings is 3. The lowest BCUT2D eigenvalue weighted by molar-refractivity contribution is -0.134. The maximum Gasteiger partial charge on any atom is 0.244 e. The monoisotopic (exact) mass is 448 g/mol. The molecule has 3 aromatic rings. The molecule has 0 aliphatic rings. The van der Waals surface area contributed by atoms with Crippen molar-refractivity contribution in [3.63, 3.8) is 0 Å². The number of anilines is 1. The zero-order valence-corrected chi connectivity index (χ0v) is 19.0. The quantitative estimate of drug-likeness (QED) is 0.509. The summed E-state index contributed by atoms with van der Waals surface area (Å²) in [4.78, 5) is 27.5. The summed E-state index contributed by atoms with van der Waals surface area (Å²) in [5, 5.41) is 2.83. The molecule has 0 heterocycles. The Morgan fingerprint density at radius 2 is 1.45 bits per heavy atom. The number of carbonyl (C=O) groups excluding carboxylic acids is 2. The second-order valence-electron chi connectivity index (χ2n) is 7.37. The van der Waals surface area contributed by atoms with Gasteiger partial charge in [0.25, 0.3) is 0 Å². The third-order valence-corrected chi connectivity index (χ3v) is 5.10. The van der Waals surface area contributed by atoms with Gasteiger partial charge in [0.05, 0.1) is 33.4 Å². The predicted molar refractivity (Wildman–Crippen MR) is 127 cm³/mol. The van der Waals surface area contributed by atoms with Crippen molar-refractivity contribution < 1.29 is 23.8 Å². The third-order valence-electron chi connectivity index (χ3n) is 5.10. The van der Waals surface area contributed by atoms with E-state index in [9.17, 15) is 9.59 Å². The number of rotatable bonds is 10. The number of amides is 2. The molecule has 0 bridgehead atoms. The molecule has 2 amide bonds. The Labute approximate surface area is 193 Å². The van der Waals surface area contributed by atoms with E-state index in [1.807, 2.05) is 54.6 Å². The van der Waals surface area contributed by atoms with Gasteiger partial charge in [0.2, 0.25) is 11.8 Å². The highest BCUT2D eigenvalue weighted by atomic mass is 16.5. The van der Waals surface area contributed by atoms with Crippen LogP contribution in [0.25, 0.3) is 0 Å². The zero-order chi connectivity index (χ0) is 23.6. The fraction of sp³-hybridized carbons (Fsp3) is 0.231. The van der Waals surface area contributed by atoms with Crippen LogP contribution in [0.4, 0.5) is 5.69 Å². The van der Waals surface area contributed by atoms with Crippen molar-refractivity contribution in [3.8, 4) is 17.2 Å². The molecule has 0 saturated heterocycles. The highest BCUT2D eigenvalue weighted by molar-refractivity contribution is 5.96. The second kappa shape index (κ2) is 11.6. The van der Waals surface area contributed by atoms with Gasteiger partial charge < -0.3 is 24.4 Å². The van der Waals surface area contributed by atoms with Crippen molar-refractivity contribution in [1.29, 1.82) is 0 Å². The van der Waals surface area contributed by atoms with Crippen molar-refractivity contribution in [2.75, 3.05) is 33.2 Å². The van der Waals surface area contributed by atoms with Gasteiger partial charge in [-0.05, 0) is 35.4 Å². The van der Waals surface area contributed by atoms with E-state index in [0.29, 0.717) is 23.7 Å². The Balaban J connectivity index is 1.76. The van der Waals surface area contributed by atoms with Gasteiger partial charge in [-0.25, -0.2) is 0 Å². The topological polar surface area (TPSA) is 77.1 Å². The Kier molecular flexibility index (Phi) is 8.30. The number of ether oxygens (including phenoxy) is 3. The Bertz CT molecular complexity index is 1070. The number of hydrogen-bond acceptors (Lipinski definition) is 5. The van der Waals surface area contributed by atoms with Gasteiger partial charge in [0, 0.05) is 12.6 Å². The molecule has 0 aliphatic heterocycles. The normalized spacial score (nSPS) is 10.3. The smallest absolute Gasteiger partial charge is 0.244 e. The summed E-state index contributed by atoms with van der Waals surface area (Å²) in [5.74, 6) is 1.34. The van der Waals surface area contributed by atoms with Gasteiger partial charge >= 0.3 is 0 Å². The number of nitrogens with one attached hydrogen (secondary N) is 1.